The van der Waals surface area contributed by atoms with Crippen LogP contribution in [0.2, 0.25) is 0 Å². The van der Waals surface area contributed by atoms with Crippen LogP contribution in [0, 0.1) is 0 Å². The van der Waals surface area contributed by atoms with Gasteiger partial charge in [-0.3, -0.25) is 14.5 Å². The number of hydrogen-bond donors (Lipinski definition) is 0. The summed E-state index contributed by atoms with van der Waals surface area (Å²) in [4.78, 5) is 31.3. The van der Waals surface area contributed by atoms with Crippen molar-refractivity contribution in [2.24, 2.45) is 0 Å². The standard InChI is InChI=1S/C27H29BrN2O5/c1-2-3-14-34-20-7-4-18(5-8-20)24-23-25(31)21-17-19(28)6-9-22(21)35-26(23)27(32)30(24)11-10-29-12-15-33-16-13-29/h4-9,17,24H,2-3,10-16H2,1H3. The van der Waals surface area contributed by atoms with Crippen molar-refractivity contribution in [2.45, 2.75) is 25.8 Å². The molecule has 2 aliphatic rings. The molecule has 0 aliphatic carbocycles. The summed E-state index contributed by atoms with van der Waals surface area (Å²) in [7, 11) is 0. The van der Waals surface area contributed by atoms with Crippen molar-refractivity contribution >= 4 is 32.8 Å². The summed E-state index contributed by atoms with van der Waals surface area (Å²) in [6.07, 6.45) is 2.06. The van der Waals surface area contributed by atoms with Crippen molar-refractivity contribution in [1.82, 2.24) is 9.80 Å². The van der Waals surface area contributed by atoms with Crippen LogP contribution >= 0.6 is 15.9 Å². The van der Waals surface area contributed by atoms with Crippen LogP contribution in [0.5, 0.6) is 5.75 Å². The van der Waals surface area contributed by atoms with Gasteiger partial charge in [0.05, 0.1) is 36.8 Å². The Kier molecular flexibility index (Phi) is 7.22. The highest BCUT2D eigenvalue weighted by Crippen LogP contribution is 2.38. The van der Waals surface area contributed by atoms with Crippen LogP contribution < -0.4 is 10.2 Å². The lowest BCUT2D eigenvalue weighted by molar-refractivity contribution is 0.0314. The lowest BCUT2D eigenvalue weighted by atomic mass is 9.98. The fourth-order valence-electron chi connectivity index (χ4n) is 4.72. The molecule has 0 N–H and O–H groups in total. The molecule has 7 nitrogen and oxygen atoms in total. The zero-order chi connectivity index (χ0) is 24.4. The molecule has 2 aromatic carbocycles. The molecular formula is C27H29BrN2O5. The van der Waals surface area contributed by atoms with Gasteiger partial charge in [-0.2, -0.15) is 0 Å². The van der Waals surface area contributed by atoms with Gasteiger partial charge in [0, 0.05) is 30.7 Å². The average Bonchev–Trinajstić information content (AvgIpc) is 3.16. The van der Waals surface area contributed by atoms with Crippen LogP contribution in [0.1, 0.15) is 47.5 Å². The maximum atomic E-state index is 13.7. The Balaban J connectivity index is 1.52. The van der Waals surface area contributed by atoms with Crippen molar-refractivity contribution in [3.63, 3.8) is 0 Å². The first kappa shape index (κ1) is 24.0. The molecule has 1 unspecified atom stereocenters. The van der Waals surface area contributed by atoms with E-state index in [1.54, 1.807) is 17.0 Å². The van der Waals surface area contributed by atoms with E-state index in [-0.39, 0.29) is 17.1 Å². The van der Waals surface area contributed by atoms with Crippen molar-refractivity contribution in [1.29, 1.82) is 0 Å². The zero-order valence-corrected chi connectivity index (χ0v) is 21.4. The SMILES string of the molecule is CCCCOc1ccc(C2c3c(oc4ccc(Br)cc4c3=O)C(=O)N2CCN2CCOCC2)cc1. The van der Waals surface area contributed by atoms with Crippen molar-refractivity contribution in [3.8, 4) is 5.75 Å². The molecule has 0 saturated carbocycles. The van der Waals surface area contributed by atoms with Crippen LogP contribution in [-0.2, 0) is 4.74 Å². The highest BCUT2D eigenvalue weighted by molar-refractivity contribution is 9.10. The number of unbranched alkanes of at least 4 members (excludes halogenated alkanes) is 1. The quantitative estimate of drug-likeness (QED) is 0.388. The van der Waals surface area contributed by atoms with Gasteiger partial charge in [-0.05, 0) is 42.3 Å². The Labute approximate surface area is 212 Å². The van der Waals surface area contributed by atoms with Crippen LogP contribution in [0.4, 0.5) is 0 Å². The molecule has 35 heavy (non-hydrogen) atoms. The average molecular weight is 541 g/mol. The lowest BCUT2D eigenvalue weighted by Gasteiger charge is -2.31. The number of halogens is 1. The number of rotatable bonds is 8. The number of carbonyl (C=O) groups is 1. The van der Waals surface area contributed by atoms with E-state index < -0.39 is 6.04 Å². The van der Waals surface area contributed by atoms with Gasteiger partial charge >= 0.3 is 0 Å². The van der Waals surface area contributed by atoms with E-state index in [0.29, 0.717) is 49.4 Å². The molecule has 3 aromatic rings. The molecule has 3 heterocycles. The molecule has 0 radical (unpaired) electrons. The number of amides is 1. The topological polar surface area (TPSA) is 72.2 Å². The van der Waals surface area contributed by atoms with Crippen LogP contribution in [0.3, 0.4) is 0 Å². The third-order valence-electron chi connectivity index (χ3n) is 6.65. The predicted octanol–water partition coefficient (Wildman–Crippen LogP) is 4.61. The minimum absolute atomic E-state index is 0.139. The van der Waals surface area contributed by atoms with E-state index in [9.17, 15) is 9.59 Å². The Morgan fingerprint density at radius 3 is 2.57 bits per heavy atom. The van der Waals surface area contributed by atoms with E-state index in [2.05, 4.69) is 27.8 Å². The van der Waals surface area contributed by atoms with Crippen LogP contribution in [0.25, 0.3) is 11.0 Å². The van der Waals surface area contributed by atoms with E-state index in [1.165, 1.54) is 0 Å². The van der Waals surface area contributed by atoms with Crippen molar-refractivity contribution in [2.75, 3.05) is 46.0 Å². The molecule has 184 valence electrons. The van der Waals surface area contributed by atoms with Gasteiger partial charge in [0.15, 0.2) is 5.43 Å². The number of hydrogen-bond acceptors (Lipinski definition) is 6. The number of ether oxygens (including phenoxy) is 2. The Morgan fingerprint density at radius 1 is 1.06 bits per heavy atom. The molecule has 8 heteroatoms. The summed E-state index contributed by atoms with van der Waals surface area (Å²) in [5, 5.41) is 0.463. The lowest BCUT2D eigenvalue weighted by Crippen LogP contribution is -2.42. The second-order valence-corrected chi connectivity index (χ2v) is 9.86. The van der Waals surface area contributed by atoms with E-state index in [0.717, 1.165) is 41.7 Å². The van der Waals surface area contributed by atoms with E-state index >= 15 is 0 Å². The third-order valence-corrected chi connectivity index (χ3v) is 7.14. The molecule has 1 aromatic heterocycles. The summed E-state index contributed by atoms with van der Waals surface area (Å²) in [6, 6.07) is 12.5. The number of morpholine rings is 1. The first-order valence-electron chi connectivity index (χ1n) is 12.2. The molecule has 1 fully saturated rings. The van der Waals surface area contributed by atoms with E-state index in [4.69, 9.17) is 13.9 Å². The fourth-order valence-corrected chi connectivity index (χ4v) is 5.09. The summed E-state index contributed by atoms with van der Waals surface area (Å²) < 4.78 is 18.1. The van der Waals surface area contributed by atoms with E-state index in [1.807, 2.05) is 30.3 Å². The normalized spacial score (nSPS) is 18.3. The van der Waals surface area contributed by atoms with Crippen LogP contribution in [0.15, 0.2) is 56.1 Å². The predicted molar refractivity (Wildman–Crippen MR) is 137 cm³/mol. The maximum Gasteiger partial charge on any atom is 0.290 e. The van der Waals surface area contributed by atoms with Gasteiger partial charge < -0.3 is 18.8 Å². The van der Waals surface area contributed by atoms with Crippen LogP contribution in [-0.4, -0.2) is 61.7 Å². The second kappa shape index (κ2) is 10.5. The first-order valence-corrected chi connectivity index (χ1v) is 13.0. The van der Waals surface area contributed by atoms with Gasteiger partial charge in [0.2, 0.25) is 5.76 Å². The minimum atomic E-state index is -0.511. The summed E-state index contributed by atoms with van der Waals surface area (Å²) >= 11 is 3.45. The minimum Gasteiger partial charge on any atom is -0.494 e. The summed E-state index contributed by atoms with van der Waals surface area (Å²) in [5.74, 6) is 0.671. The molecular weight excluding hydrogens is 512 g/mol. The van der Waals surface area contributed by atoms with Gasteiger partial charge in [-0.1, -0.05) is 41.4 Å². The zero-order valence-electron chi connectivity index (χ0n) is 19.8. The number of fused-ring (bicyclic) bond motifs is 2. The number of nitrogens with zero attached hydrogens (tertiary/aromatic N) is 2. The number of carbonyl (C=O) groups excluding carboxylic acids is 1. The molecule has 1 saturated heterocycles. The largest absolute Gasteiger partial charge is 0.494 e. The highest BCUT2D eigenvalue weighted by Gasteiger charge is 2.42. The Bertz CT molecular complexity index is 1270. The first-order chi connectivity index (χ1) is 17.1. The Morgan fingerprint density at radius 2 is 1.83 bits per heavy atom. The molecule has 1 amide bonds. The molecule has 0 bridgehead atoms. The number of benzene rings is 2. The maximum absolute atomic E-state index is 13.7. The highest BCUT2D eigenvalue weighted by atomic mass is 79.9. The smallest absolute Gasteiger partial charge is 0.290 e. The van der Waals surface area contributed by atoms with Crippen molar-refractivity contribution in [3.05, 3.63) is 74.0 Å². The Hall–Kier alpha value is -2.68. The summed E-state index contributed by atoms with van der Waals surface area (Å²) in [6.45, 7) is 7.03. The van der Waals surface area contributed by atoms with Gasteiger partial charge in [0.25, 0.3) is 5.91 Å². The fraction of sp³-hybridized carbons (Fsp3) is 0.407. The molecule has 1 atom stereocenters. The van der Waals surface area contributed by atoms with Crippen molar-refractivity contribution < 1.29 is 18.7 Å². The molecule has 2 aliphatic heterocycles. The summed E-state index contributed by atoms with van der Waals surface area (Å²) in [5.41, 5.74) is 1.52. The van der Waals surface area contributed by atoms with Gasteiger partial charge in [-0.15, -0.1) is 0 Å². The molecule has 5 rings (SSSR count). The second-order valence-electron chi connectivity index (χ2n) is 8.94. The molecule has 0 spiro atoms. The third kappa shape index (κ3) is 4.87. The van der Waals surface area contributed by atoms with Gasteiger partial charge in [-0.25, -0.2) is 0 Å². The monoisotopic (exact) mass is 540 g/mol. The van der Waals surface area contributed by atoms with Gasteiger partial charge in [0.1, 0.15) is 11.3 Å².